The van der Waals surface area contributed by atoms with E-state index >= 15 is 0 Å². The number of hydrogen-bond acceptors (Lipinski definition) is 3. The van der Waals surface area contributed by atoms with E-state index in [1.165, 1.54) is 0 Å². The van der Waals surface area contributed by atoms with Gasteiger partial charge in [-0.2, -0.15) is 0 Å². The monoisotopic (exact) mass is 323 g/mol. The van der Waals surface area contributed by atoms with E-state index in [0.717, 1.165) is 55.0 Å². The first-order valence-electron chi connectivity index (χ1n) is 8.64. The lowest BCUT2D eigenvalue weighted by Gasteiger charge is -2.32. The van der Waals surface area contributed by atoms with Crippen molar-refractivity contribution < 1.29 is 4.79 Å². The maximum absolute atomic E-state index is 12.3. The molecule has 1 fully saturated rings. The molecule has 4 nitrogen and oxygen atoms in total. The van der Waals surface area contributed by atoms with Crippen molar-refractivity contribution in [1.29, 1.82) is 0 Å². The third kappa shape index (κ3) is 4.13. The summed E-state index contributed by atoms with van der Waals surface area (Å²) in [5.74, 6) is 1.63. The highest BCUT2D eigenvalue weighted by Gasteiger charge is 2.20. The van der Waals surface area contributed by atoms with Gasteiger partial charge in [-0.05, 0) is 56.9 Å². The van der Waals surface area contributed by atoms with Crippen molar-refractivity contribution in [3.05, 3.63) is 59.3 Å². The molecule has 0 atom stereocenters. The van der Waals surface area contributed by atoms with Crippen LogP contribution in [0.3, 0.4) is 0 Å². The molecule has 1 aromatic heterocycles. The average Bonchev–Trinajstić information content (AvgIpc) is 2.60. The van der Waals surface area contributed by atoms with Crippen LogP contribution in [0.15, 0.2) is 42.6 Å². The maximum Gasteiger partial charge on any atom is 0.251 e. The number of carbonyl (C=O) groups is 1. The number of piperidine rings is 1. The third-order valence-corrected chi connectivity index (χ3v) is 4.62. The Labute approximate surface area is 143 Å². The number of nitrogens with zero attached hydrogens (tertiary/aromatic N) is 2. The summed E-state index contributed by atoms with van der Waals surface area (Å²) >= 11 is 0. The van der Waals surface area contributed by atoms with Crippen molar-refractivity contribution in [3.8, 4) is 0 Å². The van der Waals surface area contributed by atoms with Crippen LogP contribution in [0.4, 0.5) is 5.82 Å². The molecule has 0 saturated carbocycles. The molecule has 3 rings (SSSR count). The van der Waals surface area contributed by atoms with E-state index in [1.54, 1.807) is 0 Å². The number of hydrogen-bond donors (Lipinski definition) is 1. The predicted molar refractivity (Wildman–Crippen MR) is 97.4 cm³/mol. The first-order valence-corrected chi connectivity index (χ1v) is 8.64. The molecular formula is C20H25N3O. The highest BCUT2D eigenvalue weighted by molar-refractivity contribution is 5.94. The topological polar surface area (TPSA) is 45.2 Å². The van der Waals surface area contributed by atoms with E-state index in [1.807, 2.05) is 44.3 Å². The Hall–Kier alpha value is -2.36. The van der Waals surface area contributed by atoms with Gasteiger partial charge >= 0.3 is 0 Å². The number of nitrogens with one attached hydrogen (secondary N) is 1. The van der Waals surface area contributed by atoms with Crippen molar-refractivity contribution in [2.45, 2.75) is 26.7 Å². The summed E-state index contributed by atoms with van der Waals surface area (Å²) < 4.78 is 0. The minimum absolute atomic E-state index is 0.0361. The zero-order valence-corrected chi connectivity index (χ0v) is 14.5. The van der Waals surface area contributed by atoms with E-state index < -0.39 is 0 Å². The van der Waals surface area contributed by atoms with Gasteiger partial charge in [-0.25, -0.2) is 4.98 Å². The fourth-order valence-electron chi connectivity index (χ4n) is 3.35. The van der Waals surface area contributed by atoms with Crippen LogP contribution in [-0.4, -0.2) is 30.5 Å². The highest BCUT2D eigenvalue weighted by Crippen LogP contribution is 2.21. The lowest BCUT2D eigenvalue weighted by atomic mass is 9.96. The molecule has 1 aliphatic rings. The van der Waals surface area contributed by atoms with Crippen LogP contribution in [-0.2, 0) is 0 Å². The Morgan fingerprint density at radius 2 is 1.88 bits per heavy atom. The molecule has 126 valence electrons. The van der Waals surface area contributed by atoms with Crippen LogP contribution >= 0.6 is 0 Å². The molecule has 0 spiro atoms. The second-order valence-electron chi connectivity index (χ2n) is 6.70. The van der Waals surface area contributed by atoms with E-state index in [0.29, 0.717) is 5.92 Å². The molecule has 24 heavy (non-hydrogen) atoms. The molecule has 2 aromatic rings. The Bertz CT molecular complexity index is 671. The van der Waals surface area contributed by atoms with E-state index in [2.05, 4.69) is 27.3 Å². The zero-order valence-electron chi connectivity index (χ0n) is 14.5. The summed E-state index contributed by atoms with van der Waals surface area (Å²) in [4.78, 5) is 19.1. The van der Waals surface area contributed by atoms with Gasteiger partial charge in [0.2, 0.25) is 0 Å². The molecule has 1 amide bonds. The average molecular weight is 323 g/mol. The quantitative estimate of drug-likeness (QED) is 0.938. The van der Waals surface area contributed by atoms with Gasteiger partial charge in [-0.1, -0.05) is 23.3 Å². The number of aryl methyl sites for hydroxylation is 2. The molecule has 1 aliphatic heterocycles. The second kappa shape index (κ2) is 7.47. The number of carbonyl (C=O) groups excluding carboxylic acids is 1. The van der Waals surface area contributed by atoms with Crippen molar-refractivity contribution in [1.82, 2.24) is 10.3 Å². The summed E-state index contributed by atoms with van der Waals surface area (Å²) in [6, 6.07) is 12.0. The van der Waals surface area contributed by atoms with Gasteiger partial charge in [-0.3, -0.25) is 4.79 Å². The molecular weight excluding hydrogens is 298 g/mol. The van der Waals surface area contributed by atoms with Crippen molar-refractivity contribution in [2.75, 3.05) is 24.5 Å². The molecule has 0 radical (unpaired) electrons. The van der Waals surface area contributed by atoms with Crippen molar-refractivity contribution in [3.63, 3.8) is 0 Å². The van der Waals surface area contributed by atoms with Gasteiger partial charge in [0.25, 0.3) is 5.91 Å². The number of benzene rings is 1. The Kier molecular flexibility index (Phi) is 5.14. The van der Waals surface area contributed by atoms with E-state index in [-0.39, 0.29) is 5.91 Å². The van der Waals surface area contributed by atoms with E-state index in [9.17, 15) is 4.79 Å². The first-order chi connectivity index (χ1) is 11.6. The number of rotatable bonds is 4. The smallest absolute Gasteiger partial charge is 0.251 e. The molecule has 0 aliphatic carbocycles. The molecule has 4 heteroatoms. The summed E-state index contributed by atoms with van der Waals surface area (Å²) in [7, 11) is 0. The van der Waals surface area contributed by atoms with Crippen LogP contribution < -0.4 is 10.2 Å². The summed E-state index contributed by atoms with van der Waals surface area (Å²) in [5, 5.41) is 3.10. The summed E-state index contributed by atoms with van der Waals surface area (Å²) in [6.07, 6.45) is 4.01. The number of amides is 1. The van der Waals surface area contributed by atoms with Gasteiger partial charge in [0, 0.05) is 31.4 Å². The molecule has 2 heterocycles. The van der Waals surface area contributed by atoms with Gasteiger partial charge in [0.15, 0.2) is 0 Å². The Balaban J connectivity index is 1.49. The molecule has 1 aromatic carbocycles. The van der Waals surface area contributed by atoms with Crippen molar-refractivity contribution >= 4 is 11.7 Å². The molecule has 1 N–H and O–H groups in total. The predicted octanol–water partition coefficient (Wildman–Crippen LogP) is 3.34. The third-order valence-electron chi connectivity index (χ3n) is 4.62. The maximum atomic E-state index is 12.3. The zero-order chi connectivity index (χ0) is 16.9. The lowest BCUT2D eigenvalue weighted by Crippen LogP contribution is -2.39. The van der Waals surface area contributed by atoms with Crippen LogP contribution in [0.2, 0.25) is 0 Å². The minimum Gasteiger partial charge on any atom is -0.357 e. The summed E-state index contributed by atoms with van der Waals surface area (Å²) in [6.45, 7) is 6.80. The lowest BCUT2D eigenvalue weighted by molar-refractivity contribution is 0.0944. The normalized spacial score (nSPS) is 15.3. The number of aromatic nitrogens is 1. The molecule has 0 bridgehead atoms. The van der Waals surface area contributed by atoms with Gasteiger partial charge in [-0.15, -0.1) is 0 Å². The van der Waals surface area contributed by atoms with E-state index in [4.69, 9.17) is 0 Å². The minimum atomic E-state index is 0.0361. The van der Waals surface area contributed by atoms with Crippen LogP contribution in [0.1, 0.15) is 34.3 Å². The number of pyridine rings is 1. The van der Waals surface area contributed by atoms with Gasteiger partial charge < -0.3 is 10.2 Å². The SMILES string of the molecule is Cc1cc(C)cc(C(=O)NCC2CCN(c3ccccn3)CC2)c1. The van der Waals surface area contributed by atoms with Crippen LogP contribution in [0.25, 0.3) is 0 Å². The Morgan fingerprint density at radius 3 is 2.50 bits per heavy atom. The fraction of sp³-hybridized carbons (Fsp3) is 0.400. The second-order valence-corrected chi connectivity index (χ2v) is 6.70. The van der Waals surface area contributed by atoms with Gasteiger partial charge in [0.1, 0.15) is 5.82 Å². The molecule has 1 saturated heterocycles. The molecule has 0 unspecified atom stereocenters. The fourth-order valence-corrected chi connectivity index (χ4v) is 3.35. The van der Waals surface area contributed by atoms with Crippen LogP contribution in [0, 0.1) is 19.8 Å². The standard InChI is InChI=1S/C20H25N3O/c1-15-11-16(2)13-18(12-15)20(24)22-14-17-6-9-23(10-7-17)19-5-3-4-8-21-19/h3-5,8,11-13,17H,6-7,9-10,14H2,1-2H3,(H,22,24). The Morgan fingerprint density at radius 1 is 1.17 bits per heavy atom. The summed E-state index contributed by atoms with van der Waals surface area (Å²) in [5.41, 5.74) is 3.02. The first kappa shape index (κ1) is 16.5. The number of anilines is 1. The van der Waals surface area contributed by atoms with Crippen molar-refractivity contribution in [2.24, 2.45) is 5.92 Å². The van der Waals surface area contributed by atoms with Crippen LogP contribution in [0.5, 0.6) is 0 Å². The highest BCUT2D eigenvalue weighted by atomic mass is 16.1. The van der Waals surface area contributed by atoms with Gasteiger partial charge in [0.05, 0.1) is 0 Å². The largest absolute Gasteiger partial charge is 0.357 e.